The van der Waals surface area contributed by atoms with Gasteiger partial charge in [-0.2, -0.15) is 0 Å². The van der Waals surface area contributed by atoms with Gasteiger partial charge in [-0.05, 0) is 167 Å². The number of phosphoric ester groups is 2. The molecule has 0 aliphatic rings. The van der Waals surface area contributed by atoms with Crippen molar-refractivity contribution in [2.75, 3.05) is 39.6 Å². The normalized spacial score (nSPS) is 14.4. The molecule has 0 aromatic rings. The van der Waals surface area contributed by atoms with Crippen molar-refractivity contribution in [3.8, 4) is 0 Å². The van der Waals surface area contributed by atoms with E-state index in [1.54, 1.807) is 0 Å². The summed E-state index contributed by atoms with van der Waals surface area (Å²) >= 11 is 0. The van der Waals surface area contributed by atoms with Crippen LogP contribution in [0.5, 0.6) is 0 Å². The van der Waals surface area contributed by atoms with Gasteiger partial charge in [0.2, 0.25) is 0 Å². The van der Waals surface area contributed by atoms with Gasteiger partial charge in [0.05, 0.1) is 26.4 Å². The number of unbranched alkanes of at least 4 members (excludes halogenated alkanes) is 35. The largest absolute Gasteiger partial charge is 0.472 e. The molecule has 0 rings (SSSR count). The Morgan fingerprint density at radius 3 is 0.741 bits per heavy atom. The molecule has 644 valence electrons. The molecule has 0 aliphatic carbocycles. The topological polar surface area (TPSA) is 237 Å². The summed E-state index contributed by atoms with van der Waals surface area (Å²) in [7, 11) is -9.99. The van der Waals surface area contributed by atoms with Crippen LogP contribution in [0.1, 0.15) is 374 Å². The van der Waals surface area contributed by atoms with Crippen LogP contribution >= 0.6 is 15.6 Å². The third-order valence-corrected chi connectivity index (χ3v) is 20.5. The summed E-state index contributed by atoms with van der Waals surface area (Å²) in [6, 6.07) is 0. The van der Waals surface area contributed by atoms with Crippen LogP contribution in [-0.4, -0.2) is 96.7 Å². The molecule has 5 atom stereocenters. The fourth-order valence-electron chi connectivity index (χ4n) is 11.8. The summed E-state index contributed by atoms with van der Waals surface area (Å²) in [5.41, 5.74) is 0. The predicted octanol–water partition coefficient (Wildman–Crippen LogP) is 26.8. The van der Waals surface area contributed by atoms with Gasteiger partial charge in [-0.25, -0.2) is 9.13 Å². The minimum Gasteiger partial charge on any atom is -0.462 e. The number of allylic oxidation sites excluding steroid dienone is 22. The molecule has 17 nitrogen and oxygen atoms in total. The van der Waals surface area contributed by atoms with Crippen LogP contribution in [0.3, 0.4) is 0 Å². The smallest absolute Gasteiger partial charge is 0.462 e. The third kappa shape index (κ3) is 83.2. The standard InChI is InChI=1S/C93H160O17P2/c1-5-9-13-17-21-25-29-33-37-40-43-46-50-53-57-61-65-69-73-77-90(95)103-83-88(109-92(97)79-75-71-67-63-59-55-49-36-32-28-24-20-16-12-8-4)85-107-111(99,100)105-81-87(94)82-106-112(101,102)108-86-89(110-93(98)80-76-72-68-64-60-56-52-48-45-42-39-35-31-27-23-19-15-11-7-3)84-104-91(96)78-74-70-66-62-58-54-51-47-44-41-38-34-30-26-22-18-14-10-6-2/h9,13,21-23,25-27,33-39,43-49,87-89,94H,5-8,10-12,14-20,24,28-32,40-42,50-86H2,1-4H3,(H,99,100)(H,101,102)/b13-9-,25-21-,26-22-,27-23-,37-33-,38-34-,39-35-,46-43-,47-44-,48-45-,49-36-. The van der Waals surface area contributed by atoms with E-state index >= 15 is 0 Å². The maximum Gasteiger partial charge on any atom is 0.472 e. The van der Waals surface area contributed by atoms with Crippen molar-refractivity contribution in [3.05, 3.63) is 134 Å². The number of phosphoric acid groups is 2. The van der Waals surface area contributed by atoms with Gasteiger partial charge in [0.15, 0.2) is 12.2 Å². The lowest BCUT2D eigenvalue weighted by Crippen LogP contribution is -2.30. The molecule has 0 aromatic heterocycles. The van der Waals surface area contributed by atoms with Gasteiger partial charge in [0.25, 0.3) is 0 Å². The number of carbonyl (C=O) groups is 4. The Balaban J connectivity index is 5.42. The Labute approximate surface area is 682 Å². The second kappa shape index (κ2) is 84.1. The number of carbonyl (C=O) groups excluding carboxylic acids is 4. The van der Waals surface area contributed by atoms with Crippen LogP contribution in [-0.2, 0) is 65.4 Å². The monoisotopic (exact) mass is 1610 g/mol. The molecule has 0 spiro atoms. The molecular weight excluding hydrogens is 1450 g/mol. The molecule has 0 amide bonds. The van der Waals surface area contributed by atoms with E-state index in [2.05, 4.69) is 161 Å². The van der Waals surface area contributed by atoms with Gasteiger partial charge >= 0.3 is 39.5 Å². The lowest BCUT2D eigenvalue weighted by molar-refractivity contribution is -0.161. The quantitative estimate of drug-likeness (QED) is 0.0169. The van der Waals surface area contributed by atoms with E-state index in [-0.39, 0.29) is 25.7 Å². The van der Waals surface area contributed by atoms with Crippen LogP contribution in [0.15, 0.2) is 134 Å². The van der Waals surface area contributed by atoms with Crippen LogP contribution in [0, 0.1) is 0 Å². The zero-order valence-electron chi connectivity index (χ0n) is 70.8. The van der Waals surface area contributed by atoms with Crippen molar-refractivity contribution in [3.63, 3.8) is 0 Å². The zero-order valence-corrected chi connectivity index (χ0v) is 72.6. The fourth-order valence-corrected chi connectivity index (χ4v) is 13.4. The number of ether oxygens (including phenoxy) is 4. The van der Waals surface area contributed by atoms with Crippen molar-refractivity contribution in [2.45, 2.75) is 393 Å². The van der Waals surface area contributed by atoms with Crippen molar-refractivity contribution < 1.29 is 80.2 Å². The number of aliphatic hydroxyl groups is 1. The highest BCUT2D eigenvalue weighted by atomic mass is 31.2. The van der Waals surface area contributed by atoms with Gasteiger partial charge in [-0.15, -0.1) is 0 Å². The average Bonchev–Trinajstić information content (AvgIpc) is 0.898. The molecule has 19 heteroatoms. The summed E-state index contributed by atoms with van der Waals surface area (Å²) in [6.07, 6.45) is 96.8. The molecule has 5 unspecified atom stereocenters. The van der Waals surface area contributed by atoms with E-state index in [0.29, 0.717) is 25.7 Å². The molecule has 0 heterocycles. The summed E-state index contributed by atoms with van der Waals surface area (Å²) in [5.74, 6) is -2.21. The lowest BCUT2D eigenvalue weighted by atomic mass is 10.1. The summed E-state index contributed by atoms with van der Waals surface area (Å²) in [4.78, 5) is 73.4. The summed E-state index contributed by atoms with van der Waals surface area (Å²) in [6.45, 7) is 4.71. The van der Waals surface area contributed by atoms with E-state index in [1.807, 2.05) is 0 Å². The van der Waals surface area contributed by atoms with E-state index < -0.39 is 97.5 Å². The first-order valence-electron chi connectivity index (χ1n) is 44.4. The second-order valence-corrected chi connectivity index (χ2v) is 32.3. The molecule has 3 N–H and O–H groups in total. The Kier molecular flexibility index (Phi) is 80.5. The zero-order chi connectivity index (χ0) is 81.7. The van der Waals surface area contributed by atoms with E-state index in [1.165, 1.54) is 77.0 Å². The first kappa shape index (κ1) is 107. The van der Waals surface area contributed by atoms with Gasteiger partial charge in [0.1, 0.15) is 19.3 Å². The fraction of sp³-hybridized carbons (Fsp3) is 0.720. The Morgan fingerprint density at radius 1 is 0.259 bits per heavy atom. The first-order chi connectivity index (χ1) is 54.7. The van der Waals surface area contributed by atoms with Gasteiger partial charge in [-0.3, -0.25) is 37.3 Å². The second-order valence-electron chi connectivity index (χ2n) is 29.4. The highest BCUT2D eigenvalue weighted by Crippen LogP contribution is 2.45. The molecule has 0 aromatic carbocycles. The molecule has 0 saturated carbocycles. The molecule has 0 aliphatic heterocycles. The van der Waals surface area contributed by atoms with Gasteiger partial charge in [-0.1, -0.05) is 315 Å². The SMILES string of the molecule is CC/C=C\C/C=C\C/C=C\C/C=C\CCCCCCCCC(=O)OCC(COP(=O)(O)OCC(O)COP(=O)(O)OCC(COC(=O)CCCCCCCC/C=C\C/C=C\C/C=C\CCCCC)OC(=O)CCCCCCCC/C=C\C/C=C\C/C=C\CCCCC)OC(=O)CCCCCCC/C=C\CCCCCCCC. The molecular formula is C93H160O17P2. The lowest BCUT2D eigenvalue weighted by Gasteiger charge is -2.21. The van der Waals surface area contributed by atoms with E-state index in [0.717, 1.165) is 218 Å². The number of esters is 4. The maximum absolute atomic E-state index is 13.2. The molecule has 0 saturated heterocycles. The van der Waals surface area contributed by atoms with Crippen molar-refractivity contribution >= 4 is 39.5 Å². The van der Waals surface area contributed by atoms with Crippen LogP contribution in [0.25, 0.3) is 0 Å². The highest BCUT2D eigenvalue weighted by Gasteiger charge is 2.30. The molecule has 0 bridgehead atoms. The van der Waals surface area contributed by atoms with E-state index in [9.17, 15) is 43.2 Å². The van der Waals surface area contributed by atoms with Crippen LogP contribution in [0.2, 0.25) is 0 Å². The molecule has 0 radical (unpaired) electrons. The number of hydrogen-bond donors (Lipinski definition) is 3. The Bertz CT molecular complexity index is 2640. The number of rotatable bonds is 83. The first-order valence-corrected chi connectivity index (χ1v) is 47.4. The number of aliphatic hydroxyl groups excluding tert-OH is 1. The minimum absolute atomic E-state index is 0.0749. The number of hydrogen-bond acceptors (Lipinski definition) is 15. The predicted molar refractivity (Wildman–Crippen MR) is 464 cm³/mol. The van der Waals surface area contributed by atoms with Crippen molar-refractivity contribution in [2.24, 2.45) is 0 Å². The highest BCUT2D eigenvalue weighted by molar-refractivity contribution is 7.47. The Hall–Kier alpha value is -4.80. The van der Waals surface area contributed by atoms with Crippen molar-refractivity contribution in [1.82, 2.24) is 0 Å². The third-order valence-electron chi connectivity index (χ3n) is 18.6. The maximum atomic E-state index is 13.2. The Morgan fingerprint density at radius 2 is 0.464 bits per heavy atom. The van der Waals surface area contributed by atoms with Crippen molar-refractivity contribution in [1.29, 1.82) is 0 Å². The molecule has 112 heavy (non-hydrogen) atoms. The minimum atomic E-state index is -5.00. The van der Waals surface area contributed by atoms with Gasteiger partial charge in [0, 0.05) is 25.7 Å². The average molecular weight is 1610 g/mol. The van der Waals surface area contributed by atoms with Gasteiger partial charge < -0.3 is 33.8 Å². The van der Waals surface area contributed by atoms with Crippen LogP contribution < -0.4 is 0 Å². The summed E-state index contributed by atoms with van der Waals surface area (Å²) < 4.78 is 68.9. The summed E-state index contributed by atoms with van der Waals surface area (Å²) in [5, 5.41) is 10.7. The van der Waals surface area contributed by atoms with Crippen LogP contribution in [0.4, 0.5) is 0 Å². The van der Waals surface area contributed by atoms with E-state index in [4.69, 9.17) is 37.0 Å². The molecule has 0 fully saturated rings.